The molecule has 0 aromatic heterocycles. The number of hydrogen-bond donors (Lipinski definition) is 6. The van der Waals surface area contributed by atoms with Crippen molar-refractivity contribution in [3.05, 3.63) is 0 Å². The van der Waals surface area contributed by atoms with E-state index < -0.39 is 60.6 Å². The maximum atomic E-state index is 10.2. The summed E-state index contributed by atoms with van der Waals surface area (Å²) in [6, 6.07) is 0. The maximum Gasteiger partial charge on any atom is 0.207 e. The van der Waals surface area contributed by atoms with Crippen molar-refractivity contribution < 1.29 is 44.8 Å². The van der Waals surface area contributed by atoms with Gasteiger partial charge in [0.05, 0.1) is 19.0 Å². The molecule has 0 bridgehead atoms. The Morgan fingerprint density at radius 2 is 1.77 bits per heavy atom. The number of fused-ring (bicyclic) bond motifs is 1. The van der Waals surface area contributed by atoms with Crippen LogP contribution < -0.4 is 0 Å². The summed E-state index contributed by atoms with van der Waals surface area (Å²) in [5.41, 5.74) is -0.652. The van der Waals surface area contributed by atoms with E-state index in [2.05, 4.69) is 0 Å². The second kappa shape index (κ2) is 6.13. The van der Waals surface area contributed by atoms with Gasteiger partial charge in [-0.1, -0.05) is 0 Å². The van der Waals surface area contributed by atoms with E-state index in [-0.39, 0.29) is 12.4 Å². The van der Waals surface area contributed by atoms with Gasteiger partial charge in [0.2, 0.25) is 5.79 Å². The predicted octanol–water partition coefficient (Wildman–Crippen LogP) is -3.63. The fraction of sp³-hybridized carbons (Fsp3) is 1.00. The molecular weight excluding hydrogens is 320 g/mol. The molecule has 0 unspecified atom stereocenters. The van der Waals surface area contributed by atoms with Crippen LogP contribution in [0.25, 0.3) is 0 Å². The van der Waals surface area contributed by atoms with Crippen LogP contribution in [0.15, 0.2) is 0 Å². The van der Waals surface area contributed by atoms with Crippen LogP contribution in [0.3, 0.4) is 0 Å². The average molecular weight is 340 g/mol. The Morgan fingerprint density at radius 1 is 1.05 bits per heavy atom. The van der Waals surface area contributed by atoms with E-state index in [0.717, 1.165) is 0 Å². The molecule has 3 fully saturated rings. The van der Waals surface area contributed by atoms with Crippen LogP contribution in [0.5, 0.6) is 0 Å². The standard InChI is InChI=1S/C12H20O9S/c13-1-5-7(16)8(17)9-11(20-5)22-3-12(21-9)10(18)6(15)4(14)2-19-12/h4-11,13-18H,1-3H2/t4-,5+,6+,7+,8-,9-,10-,11+,12-/m0/s1. The molecule has 3 rings (SSSR count). The van der Waals surface area contributed by atoms with Crippen molar-refractivity contribution in [1.82, 2.24) is 0 Å². The highest BCUT2D eigenvalue weighted by molar-refractivity contribution is 7.99. The van der Waals surface area contributed by atoms with Gasteiger partial charge < -0.3 is 44.8 Å². The van der Waals surface area contributed by atoms with Gasteiger partial charge in [-0.15, -0.1) is 11.8 Å². The highest BCUT2D eigenvalue weighted by Gasteiger charge is 2.59. The number of aliphatic hydroxyl groups is 6. The van der Waals surface area contributed by atoms with Gasteiger partial charge in [-0.3, -0.25) is 0 Å². The Kier molecular flexibility index (Phi) is 4.69. The molecule has 3 heterocycles. The zero-order valence-electron chi connectivity index (χ0n) is 11.6. The highest BCUT2D eigenvalue weighted by Crippen LogP contribution is 2.43. The molecule has 1 spiro atoms. The molecule has 128 valence electrons. The lowest BCUT2D eigenvalue weighted by molar-refractivity contribution is -0.367. The van der Waals surface area contributed by atoms with E-state index in [1.54, 1.807) is 0 Å². The van der Waals surface area contributed by atoms with E-state index in [9.17, 15) is 25.5 Å². The highest BCUT2D eigenvalue weighted by atomic mass is 32.2. The molecular formula is C12H20O9S. The summed E-state index contributed by atoms with van der Waals surface area (Å²) >= 11 is 1.18. The molecule has 0 aromatic rings. The molecule has 3 aliphatic heterocycles. The molecule has 9 atom stereocenters. The quantitative estimate of drug-likeness (QED) is 0.282. The molecule has 0 aromatic carbocycles. The lowest BCUT2D eigenvalue weighted by Gasteiger charge is -2.53. The summed E-state index contributed by atoms with van der Waals surface area (Å²) in [6.45, 7) is -0.674. The van der Waals surface area contributed by atoms with E-state index in [4.69, 9.17) is 19.3 Å². The third-order valence-corrected chi connectivity index (χ3v) is 5.55. The fourth-order valence-electron chi connectivity index (χ4n) is 2.89. The van der Waals surface area contributed by atoms with Gasteiger partial charge >= 0.3 is 0 Å². The van der Waals surface area contributed by atoms with E-state index in [0.29, 0.717) is 0 Å². The van der Waals surface area contributed by atoms with Crippen LogP contribution >= 0.6 is 11.8 Å². The van der Waals surface area contributed by atoms with Gasteiger partial charge in [0.25, 0.3) is 0 Å². The Bertz CT molecular complexity index is 410. The molecule has 0 saturated carbocycles. The minimum atomic E-state index is -1.60. The minimum Gasteiger partial charge on any atom is -0.394 e. The zero-order chi connectivity index (χ0) is 16.1. The zero-order valence-corrected chi connectivity index (χ0v) is 12.4. The first-order valence-corrected chi connectivity index (χ1v) is 8.04. The molecule has 3 aliphatic rings. The lowest BCUT2D eigenvalue weighted by atomic mass is 9.95. The van der Waals surface area contributed by atoms with Crippen molar-refractivity contribution in [2.45, 2.75) is 54.0 Å². The van der Waals surface area contributed by atoms with Crippen LogP contribution in [-0.4, -0.2) is 104 Å². The summed E-state index contributed by atoms with van der Waals surface area (Å²) in [6.07, 6.45) is -8.81. The molecule has 10 heteroatoms. The normalized spacial score (nSPS) is 55.9. The molecule has 0 radical (unpaired) electrons. The van der Waals surface area contributed by atoms with Crippen molar-refractivity contribution in [2.24, 2.45) is 0 Å². The molecule has 3 saturated heterocycles. The van der Waals surface area contributed by atoms with Gasteiger partial charge in [-0.2, -0.15) is 0 Å². The molecule has 0 aliphatic carbocycles. The first-order chi connectivity index (χ1) is 10.4. The van der Waals surface area contributed by atoms with Crippen molar-refractivity contribution in [3.8, 4) is 0 Å². The second-order valence-electron chi connectivity index (χ2n) is 5.73. The fourth-order valence-corrected chi connectivity index (χ4v) is 4.24. The van der Waals surface area contributed by atoms with E-state index >= 15 is 0 Å². The van der Waals surface area contributed by atoms with Gasteiger partial charge in [-0.25, -0.2) is 0 Å². The molecule has 0 amide bonds. The minimum absolute atomic E-state index is 0.0973. The average Bonchev–Trinajstić information content (AvgIpc) is 2.53. The smallest absolute Gasteiger partial charge is 0.207 e. The molecule has 9 nitrogen and oxygen atoms in total. The Labute approximate surface area is 130 Å². The van der Waals surface area contributed by atoms with Crippen molar-refractivity contribution in [2.75, 3.05) is 19.0 Å². The van der Waals surface area contributed by atoms with Crippen LogP contribution in [-0.2, 0) is 14.2 Å². The molecule has 22 heavy (non-hydrogen) atoms. The van der Waals surface area contributed by atoms with E-state index in [1.165, 1.54) is 11.8 Å². The van der Waals surface area contributed by atoms with Crippen LogP contribution in [0, 0.1) is 0 Å². The maximum absolute atomic E-state index is 10.2. The SMILES string of the molecule is OC[C@H]1O[C@@H]2SC[C@]3(OC[C@H](O)[C@@H](O)[C@@H]3O)O[C@H]2[C@@H](O)[C@@H]1O. The number of aliphatic hydroxyl groups excluding tert-OH is 6. The van der Waals surface area contributed by atoms with Gasteiger partial charge in [-0.05, 0) is 0 Å². The van der Waals surface area contributed by atoms with Crippen molar-refractivity contribution in [3.63, 3.8) is 0 Å². The van der Waals surface area contributed by atoms with Gasteiger partial charge in [0.1, 0.15) is 48.2 Å². The molecule has 6 N–H and O–H groups in total. The van der Waals surface area contributed by atoms with Gasteiger partial charge in [0, 0.05) is 0 Å². The summed E-state index contributed by atoms with van der Waals surface area (Å²) in [5.74, 6) is -1.50. The summed E-state index contributed by atoms with van der Waals surface area (Å²) in [7, 11) is 0. The Hall–Kier alpha value is -0.0100. The monoisotopic (exact) mass is 340 g/mol. The predicted molar refractivity (Wildman–Crippen MR) is 71.8 cm³/mol. The number of rotatable bonds is 1. The third kappa shape index (κ3) is 2.57. The van der Waals surface area contributed by atoms with E-state index in [1.807, 2.05) is 0 Å². The number of thioether (sulfide) groups is 1. The first-order valence-electron chi connectivity index (χ1n) is 6.99. The Balaban J connectivity index is 1.78. The van der Waals surface area contributed by atoms with Crippen molar-refractivity contribution in [1.29, 1.82) is 0 Å². The van der Waals surface area contributed by atoms with Gasteiger partial charge in [0.15, 0.2) is 0 Å². The third-order valence-electron chi connectivity index (χ3n) is 4.28. The van der Waals surface area contributed by atoms with Crippen LogP contribution in [0.1, 0.15) is 0 Å². The first kappa shape index (κ1) is 16.8. The summed E-state index contributed by atoms with van der Waals surface area (Å²) in [4.78, 5) is 0. The summed E-state index contributed by atoms with van der Waals surface area (Å²) in [5, 5.41) is 58.7. The van der Waals surface area contributed by atoms with Crippen molar-refractivity contribution >= 4 is 11.8 Å². The van der Waals surface area contributed by atoms with Crippen LogP contribution in [0.2, 0.25) is 0 Å². The second-order valence-corrected chi connectivity index (χ2v) is 6.81. The topological polar surface area (TPSA) is 149 Å². The lowest BCUT2D eigenvalue weighted by Crippen LogP contribution is -2.70. The largest absolute Gasteiger partial charge is 0.394 e. The number of hydrogen-bond acceptors (Lipinski definition) is 10. The number of ether oxygens (including phenoxy) is 3. The Morgan fingerprint density at radius 3 is 2.45 bits per heavy atom. The summed E-state index contributed by atoms with van der Waals surface area (Å²) < 4.78 is 16.5. The van der Waals surface area contributed by atoms with Crippen LogP contribution in [0.4, 0.5) is 0 Å².